The third kappa shape index (κ3) is 4.12. The normalized spacial score (nSPS) is 23.0. The number of hydrogen-bond donors (Lipinski definition) is 0. The Balaban J connectivity index is 1.19. The zero-order valence-electron chi connectivity index (χ0n) is 18.4. The van der Waals surface area contributed by atoms with Crippen molar-refractivity contribution < 1.29 is 23.0 Å². The van der Waals surface area contributed by atoms with E-state index < -0.39 is 17.2 Å². The summed E-state index contributed by atoms with van der Waals surface area (Å²) >= 11 is 0. The Labute approximate surface area is 191 Å². The predicted octanol–water partition coefficient (Wildman–Crippen LogP) is 3.12. The minimum absolute atomic E-state index is 0.0431. The lowest BCUT2D eigenvalue weighted by Gasteiger charge is -2.46. The number of halogens is 2. The van der Waals surface area contributed by atoms with E-state index in [2.05, 4.69) is 9.80 Å². The van der Waals surface area contributed by atoms with Gasteiger partial charge in [0, 0.05) is 44.3 Å². The van der Waals surface area contributed by atoms with E-state index in [0.717, 1.165) is 42.9 Å². The van der Waals surface area contributed by atoms with E-state index in [-0.39, 0.29) is 18.1 Å². The van der Waals surface area contributed by atoms with Gasteiger partial charge in [0.25, 0.3) is 0 Å². The number of esters is 1. The molecule has 0 amide bonds. The largest absolute Gasteiger partial charge is 0.457 e. The molecule has 0 radical (unpaired) electrons. The molecule has 2 aromatic carbocycles. The third-order valence-corrected chi connectivity index (χ3v) is 7.06. The molecule has 0 bridgehead atoms. The number of nitrogens with zero attached hydrogens (tertiary/aromatic N) is 3. The van der Waals surface area contributed by atoms with Crippen molar-refractivity contribution in [2.24, 2.45) is 0 Å². The Morgan fingerprint density at radius 1 is 1.18 bits per heavy atom. The minimum Gasteiger partial charge on any atom is -0.457 e. The van der Waals surface area contributed by atoms with E-state index in [9.17, 15) is 13.6 Å². The fourth-order valence-corrected chi connectivity index (χ4v) is 5.12. The number of carbonyl (C=O) groups excluding carboxylic acids is 1. The number of piperazine rings is 1. The fourth-order valence-electron chi connectivity index (χ4n) is 5.12. The Kier molecular flexibility index (Phi) is 5.87. The first-order valence-corrected chi connectivity index (χ1v) is 11.2. The number of carbonyl (C=O) groups is 1. The summed E-state index contributed by atoms with van der Waals surface area (Å²) in [5.41, 5.74) is 3.82. The zero-order chi connectivity index (χ0) is 23.1. The van der Waals surface area contributed by atoms with Crippen molar-refractivity contribution in [3.8, 4) is 6.07 Å². The van der Waals surface area contributed by atoms with Crippen molar-refractivity contribution in [3.05, 3.63) is 69.3 Å². The molecular weight excluding hydrogens is 428 g/mol. The monoisotopic (exact) mass is 453 g/mol. The van der Waals surface area contributed by atoms with Crippen LogP contribution in [0.1, 0.15) is 44.3 Å². The molecule has 33 heavy (non-hydrogen) atoms. The highest BCUT2D eigenvalue weighted by Crippen LogP contribution is 2.33. The van der Waals surface area contributed by atoms with Gasteiger partial charge in [-0.3, -0.25) is 4.90 Å². The smallest absolute Gasteiger partial charge is 0.338 e. The van der Waals surface area contributed by atoms with Gasteiger partial charge in [-0.05, 0) is 48.2 Å². The minimum atomic E-state index is -0.804. The molecule has 2 unspecified atom stereocenters. The van der Waals surface area contributed by atoms with Crippen LogP contribution < -0.4 is 0 Å². The molecule has 5 rings (SSSR count). The molecule has 6 nitrogen and oxygen atoms in total. The van der Waals surface area contributed by atoms with Crippen molar-refractivity contribution in [1.29, 1.82) is 5.26 Å². The predicted molar refractivity (Wildman–Crippen MR) is 116 cm³/mol. The van der Waals surface area contributed by atoms with Gasteiger partial charge in [-0.2, -0.15) is 5.26 Å². The highest BCUT2D eigenvalue weighted by Gasteiger charge is 2.35. The summed E-state index contributed by atoms with van der Waals surface area (Å²) in [7, 11) is 0. The summed E-state index contributed by atoms with van der Waals surface area (Å²) in [5.74, 6) is -1.87. The molecule has 0 spiro atoms. The molecule has 2 fully saturated rings. The van der Waals surface area contributed by atoms with Gasteiger partial charge in [-0.1, -0.05) is 6.07 Å². The van der Waals surface area contributed by atoms with Crippen LogP contribution in [0.4, 0.5) is 8.78 Å². The lowest BCUT2D eigenvalue weighted by molar-refractivity contribution is -0.0903. The van der Waals surface area contributed by atoms with E-state index in [0.29, 0.717) is 37.3 Å². The number of morpholine rings is 1. The van der Waals surface area contributed by atoms with Crippen molar-refractivity contribution in [2.75, 3.05) is 39.3 Å². The Bertz CT molecular complexity index is 1120. The molecule has 0 aromatic heterocycles. The summed E-state index contributed by atoms with van der Waals surface area (Å²) in [5, 5.41) is 8.82. The Hall–Kier alpha value is -2.86. The van der Waals surface area contributed by atoms with Gasteiger partial charge in [0.2, 0.25) is 0 Å². The van der Waals surface area contributed by atoms with Gasteiger partial charge in [-0.25, -0.2) is 13.6 Å². The molecule has 2 saturated heterocycles. The number of ether oxygens (including phenoxy) is 2. The lowest BCUT2D eigenvalue weighted by atomic mass is 9.94. The number of rotatable bonds is 4. The molecular formula is C25H25F2N3O3. The summed E-state index contributed by atoms with van der Waals surface area (Å²) in [6, 6.07) is 8.16. The maximum absolute atomic E-state index is 13.9. The maximum atomic E-state index is 13.9. The molecule has 8 heteroatoms. The summed E-state index contributed by atoms with van der Waals surface area (Å²) in [4.78, 5) is 16.6. The first-order valence-electron chi connectivity index (χ1n) is 11.2. The molecule has 0 N–H and O–H groups in total. The average Bonchev–Trinajstić information content (AvgIpc) is 3.19. The average molecular weight is 453 g/mol. The van der Waals surface area contributed by atoms with E-state index in [4.69, 9.17) is 14.7 Å². The van der Waals surface area contributed by atoms with Crippen molar-refractivity contribution in [2.45, 2.75) is 32.1 Å². The van der Waals surface area contributed by atoms with E-state index in [1.807, 2.05) is 19.1 Å². The van der Waals surface area contributed by atoms with Crippen LogP contribution in [0.2, 0.25) is 0 Å². The number of hydrogen-bond acceptors (Lipinski definition) is 6. The van der Waals surface area contributed by atoms with Crippen LogP contribution in [-0.4, -0.2) is 61.1 Å². The Morgan fingerprint density at radius 3 is 2.73 bits per heavy atom. The lowest BCUT2D eigenvalue weighted by Crippen LogP contribution is -2.58. The van der Waals surface area contributed by atoms with Crippen LogP contribution in [0, 0.1) is 29.9 Å². The second-order valence-corrected chi connectivity index (χ2v) is 8.95. The van der Waals surface area contributed by atoms with Crippen molar-refractivity contribution in [1.82, 2.24) is 9.80 Å². The van der Waals surface area contributed by atoms with Gasteiger partial charge in [0.05, 0.1) is 18.3 Å². The highest BCUT2D eigenvalue weighted by molar-refractivity contribution is 5.93. The first kappa shape index (κ1) is 22.0. The van der Waals surface area contributed by atoms with Crippen molar-refractivity contribution in [3.63, 3.8) is 0 Å². The van der Waals surface area contributed by atoms with E-state index >= 15 is 0 Å². The molecule has 3 aliphatic rings. The SMILES string of the molecule is Cc1c(C2CN3CCN(CCc4cc(F)c(C#N)c(F)c4)CC3CO2)ccc2c1COC2=O. The first-order chi connectivity index (χ1) is 15.9. The van der Waals surface area contributed by atoms with E-state index in [1.165, 1.54) is 12.1 Å². The molecule has 0 aliphatic carbocycles. The van der Waals surface area contributed by atoms with Gasteiger partial charge in [0.1, 0.15) is 29.9 Å². The second kappa shape index (κ2) is 8.82. The quantitative estimate of drug-likeness (QED) is 0.663. The van der Waals surface area contributed by atoms with Crippen LogP contribution in [-0.2, 0) is 22.5 Å². The summed E-state index contributed by atoms with van der Waals surface area (Å²) in [6.45, 7) is 7.04. The fraction of sp³-hybridized carbons (Fsp3) is 0.440. The summed E-state index contributed by atoms with van der Waals surface area (Å²) < 4.78 is 39.2. The van der Waals surface area contributed by atoms with Crippen LogP contribution in [0.5, 0.6) is 0 Å². The zero-order valence-corrected chi connectivity index (χ0v) is 18.4. The number of benzene rings is 2. The number of cyclic esters (lactones) is 1. The standard InChI is InChI=1S/C25H25F2N3O3/c1-15-18(2-3-19-21(15)14-33-25(19)31)24-12-30-7-6-29(11-17(30)13-32-24)5-4-16-8-22(26)20(10-28)23(27)9-16/h2-3,8-9,17,24H,4-7,11-14H2,1H3. The van der Waals surface area contributed by atoms with Crippen molar-refractivity contribution >= 4 is 5.97 Å². The summed E-state index contributed by atoms with van der Waals surface area (Å²) in [6.07, 6.45) is 0.476. The highest BCUT2D eigenvalue weighted by atomic mass is 19.1. The molecule has 172 valence electrons. The van der Waals surface area contributed by atoms with Crippen LogP contribution in [0.15, 0.2) is 24.3 Å². The van der Waals surface area contributed by atoms with Gasteiger partial charge in [0.15, 0.2) is 0 Å². The maximum Gasteiger partial charge on any atom is 0.338 e. The molecule has 3 aliphatic heterocycles. The molecule has 3 heterocycles. The Morgan fingerprint density at radius 2 is 1.97 bits per heavy atom. The topological polar surface area (TPSA) is 65.8 Å². The molecule has 0 saturated carbocycles. The number of fused-ring (bicyclic) bond motifs is 2. The number of nitriles is 1. The van der Waals surface area contributed by atoms with Gasteiger partial charge >= 0.3 is 5.97 Å². The van der Waals surface area contributed by atoms with E-state index in [1.54, 1.807) is 6.07 Å². The van der Waals surface area contributed by atoms with Crippen LogP contribution in [0.3, 0.4) is 0 Å². The van der Waals surface area contributed by atoms with Crippen LogP contribution in [0.25, 0.3) is 0 Å². The van der Waals surface area contributed by atoms with Gasteiger partial charge < -0.3 is 14.4 Å². The molecule has 2 atom stereocenters. The molecule has 2 aromatic rings. The second-order valence-electron chi connectivity index (χ2n) is 8.95. The van der Waals surface area contributed by atoms with Gasteiger partial charge in [-0.15, -0.1) is 0 Å². The third-order valence-electron chi connectivity index (χ3n) is 7.06. The van der Waals surface area contributed by atoms with Crippen LogP contribution >= 0.6 is 0 Å².